The minimum atomic E-state index is 0.274. The molecular weight excluding hydrogens is 202 g/mol. The zero-order valence-electron chi connectivity index (χ0n) is 10.8. The lowest BCUT2D eigenvalue weighted by molar-refractivity contribution is 0.148. The summed E-state index contributed by atoms with van der Waals surface area (Å²) in [6.07, 6.45) is 5.77. The Morgan fingerprint density at radius 3 is 2.50 bits per heavy atom. The Morgan fingerprint density at radius 2 is 1.94 bits per heavy atom. The van der Waals surface area contributed by atoms with Gasteiger partial charge in [0, 0.05) is 26.6 Å². The lowest BCUT2D eigenvalue weighted by Crippen LogP contribution is -2.31. The van der Waals surface area contributed by atoms with Gasteiger partial charge in [-0.2, -0.15) is 0 Å². The predicted molar refractivity (Wildman–Crippen MR) is 69.0 cm³/mol. The summed E-state index contributed by atoms with van der Waals surface area (Å²) in [5.74, 6) is 0.274. The smallest absolute Gasteiger partial charge is 0.0918 e. The number of nitrogens with one attached hydrogen (secondary N) is 1. The molecule has 0 aliphatic rings. The average molecular weight is 229 g/mol. The van der Waals surface area contributed by atoms with Gasteiger partial charge < -0.3 is 15.4 Å². The summed E-state index contributed by atoms with van der Waals surface area (Å²) in [6, 6.07) is 0. The third-order valence-corrected chi connectivity index (χ3v) is 2.64. The van der Waals surface area contributed by atoms with Crippen molar-refractivity contribution in [1.82, 2.24) is 4.90 Å². The Morgan fingerprint density at radius 1 is 1.19 bits per heavy atom. The number of rotatable bonds is 11. The molecule has 0 spiro atoms. The molecule has 0 amide bonds. The number of methoxy groups -OCH3 is 1. The molecule has 3 N–H and O–H groups in total. The number of ether oxygens (including phenoxy) is 1. The highest BCUT2D eigenvalue weighted by atomic mass is 16.5. The largest absolute Gasteiger partial charge is 0.388 e. The summed E-state index contributed by atoms with van der Waals surface area (Å²) >= 11 is 0. The van der Waals surface area contributed by atoms with Crippen LogP contribution in [0.3, 0.4) is 0 Å². The van der Waals surface area contributed by atoms with Crippen molar-refractivity contribution in [2.24, 2.45) is 5.73 Å². The van der Waals surface area contributed by atoms with Crippen LogP contribution in [0, 0.1) is 5.41 Å². The fraction of sp³-hybridized carbons (Fsp3) is 0.917. The van der Waals surface area contributed by atoms with Crippen LogP contribution in [-0.4, -0.2) is 44.1 Å². The maximum Gasteiger partial charge on any atom is 0.0918 e. The van der Waals surface area contributed by atoms with Crippen molar-refractivity contribution >= 4 is 5.84 Å². The Bertz CT molecular complexity index is 174. The van der Waals surface area contributed by atoms with Crippen LogP contribution in [0.15, 0.2) is 0 Å². The van der Waals surface area contributed by atoms with E-state index in [0.717, 1.165) is 26.2 Å². The molecule has 16 heavy (non-hydrogen) atoms. The van der Waals surface area contributed by atoms with Gasteiger partial charge in [-0.15, -0.1) is 0 Å². The maximum atomic E-state index is 7.23. The number of hydrogen-bond donors (Lipinski definition) is 2. The standard InChI is InChI=1S/C12H27N3O/c1-3-4-5-6-8-15(10-11-16-2)9-7-12(13)14/h3-11H2,1-2H3,(H3,13,14). The Balaban J connectivity index is 3.66. The van der Waals surface area contributed by atoms with Crippen LogP contribution in [0.2, 0.25) is 0 Å². The van der Waals surface area contributed by atoms with Crippen LogP contribution in [0.1, 0.15) is 39.0 Å². The predicted octanol–water partition coefficient (Wildman–Crippen LogP) is 1.84. The van der Waals surface area contributed by atoms with Gasteiger partial charge in [-0.05, 0) is 13.0 Å². The zero-order chi connectivity index (χ0) is 12.2. The summed E-state index contributed by atoms with van der Waals surface area (Å²) in [6.45, 7) is 5.89. The number of hydrogen-bond acceptors (Lipinski definition) is 3. The van der Waals surface area contributed by atoms with E-state index in [9.17, 15) is 0 Å². The zero-order valence-corrected chi connectivity index (χ0v) is 10.8. The highest BCUT2D eigenvalue weighted by Gasteiger charge is 2.04. The second kappa shape index (κ2) is 10.9. The molecule has 4 heteroatoms. The Hall–Kier alpha value is -0.610. The first-order valence-corrected chi connectivity index (χ1v) is 6.24. The molecule has 4 nitrogen and oxygen atoms in total. The van der Waals surface area contributed by atoms with Crippen molar-refractivity contribution in [2.75, 3.05) is 33.4 Å². The van der Waals surface area contributed by atoms with Gasteiger partial charge in [0.15, 0.2) is 0 Å². The van der Waals surface area contributed by atoms with E-state index in [1.54, 1.807) is 7.11 Å². The van der Waals surface area contributed by atoms with E-state index in [2.05, 4.69) is 11.8 Å². The molecule has 96 valence electrons. The lowest BCUT2D eigenvalue weighted by Gasteiger charge is -2.21. The molecule has 0 rings (SSSR count). The van der Waals surface area contributed by atoms with Crippen molar-refractivity contribution in [3.63, 3.8) is 0 Å². The normalized spacial score (nSPS) is 10.9. The Labute approximate surface area is 99.7 Å². The van der Waals surface area contributed by atoms with Gasteiger partial charge in [0.25, 0.3) is 0 Å². The summed E-state index contributed by atoms with van der Waals surface area (Å²) in [4.78, 5) is 2.33. The minimum absolute atomic E-state index is 0.274. The molecule has 0 fully saturated rings. The third-order valence-electron chi connectivity index (χ3n) is 2.64. The van der Waals surface area contributed by atoms with Crippen molar-refractivity contribution < 1.29 is 4.74 Å². The van der Waals surface area contributed by atoms with Gasteiger partial charge in [-0.1, -0.05) is 26.2 Å². The van der Waals surface area contributed by atoms with Gasteiger partial charge in [-0.3, -0.25) is 5.41 Å². The molecule has 0 saturated carbocycles. The molecule has 0 aromatic heterocycles. The first-order chi connectivity index (χ1) is 7.70. The highest BCUT2D eigenvalue weighted by Crippen LogP contribution is 2.02. The van der Waals surface area contributed by atoms with Crippen molar-refractivity contribution in [2.45, 2.75) is 39.0 Å². The van der Waals surface area contributed by atoms with E-state index in [-0.39, 0.29) is 5.84 Å². The van der Waals surface area contributed by atoms with Gasteiger partial charge in [0.05, 0.1) is 12.4 Å². The molecule has 0 aliphatic heterocycles. The molecule has 0 radical (unpaired) electrons. The average Bonchev–Trinajstić information content (AvgIpc) is 2.26. The van der Waals surface area contributed by atoms with Crippen LogP contribution in [0.4, 0.5) is 0 Å². The molecule has 0 unspecified atom stereocenters. The molecule has 0 aromatic rings. The summed E-state index contributed by atoms with van der Waals surface area (Å²) in [5, 5.41) is 7.23. The van der Waals surface area contributed by atoms with E-state index < -0.39 is 0 Å². The molecule has 0 bridgehead atoms. The van der Waals surface area contributed by atoms with Crippen molar-refractivity contribution in [1.29, 1.82) is 5.41 Å². The molecule has 0 heterocycles. The van der Waals surface area contributed by atoms with Crippen molar-refractivity contribution in [3.05, 3.63) is 0 Å². The summed E-state index contributed by atoms with van der Waals surface area (Å²) in [7, 11) is 1.72. The number of nitrogens with zero attached hydrogens (tertiary/aromatic N) is 1. The van der Waals surface area contributed by atoms with Crippen LogP contribution in [0.25, 0.3) is 0 Å². The van der Waals surface area contributed by atoms with E-state index in [4.69, 9.17) is 15.9 Å². The van der Waals surface area contributed by atoms with Gasteiger partial charge >= 0.3 is 0 Å². The van der Waals surface area contributed by atoms with E-state index >= 15 is 0 Å². The topological polar surface area (TPSA) is 62.3 Å². The summed E-state index contributed by atoms with van der Waals surface area (Å²) in [5.41, 5.74) is 5.37. The number of unbranched alkanes of at least 4 members (excludes halogenated alkanes) is 3. The first kappa shape index (κ1) is 15.4. The number of amidine groups is 1. The number of nitrogens with two attached hydrogens (primary N) is 1. The fourth-order valence-corrected chi connectivity index (χ4v) is 1.60. The van der Waals surface area contributed by atoms with Gasteiger partial charge in [0.2, 0.25) is 0 Å². The fourth-order valence-electron chi connectivity index (χ4n) is 1.60. The van der Waals surface area contributed by atoms with Crippen LogP contribution >= 0.6 is 0 Å². The molecule has 0 aliphatic carbocycles. The molecule has 0 saturated heterocycles. The summed E-state index contributed by atoms with van der Waals surface area (Å²) < 4.78 is 5.08. The second-order valence-electron chi connectivity index (χ2n) is 4.17. The van der Waals surface area contributed by atoms with Crippen LogP contribution in [-0.2, 0) is 4.74 Å². The minimum Gasteiger partial charge on any atom is -0.388 e. The molecule has 0 atom stereocenters. The van der Waals surface area contributed by atoms with E-state index in [0.29, 0.717) is 6.42 Å². The molecular formula is C12H27N3O. The Kier molecular flexibility index (Phi) is 10.5. The third kappa shape index (κ3) is 9.93. The van der Waals surface area contributed by atoms with Gasteiger partial charge in [-0.25, -0.2) is 0 Å². The molecule has 0 aromatic carbocycles. The van der Waals surface area contributed by atoms with E-state index in [1.165, 1.54) is 25.7 Å². The first-order valence-electron chi connectivity index (χ1n) is 6.24. The van der Waals surface area contributed by atoms with Crippen LogP contribution in [0.5, 0.6) is 0 Å². The van der Waals surface area contributed by atoms with Crippen LogP contribution < -0.4 is 5.73 Å². The second-order valence-corrected chi connectivity index (χ2v) is 4.17. The highest BCUT2D eigenvalue weighted by molar-refractivity contribution is 5.76. The monoisotopic (exact) mass is 229 g/mol. The SMILES string of the molecule is CCCCCCN(CCOC)CCC(=N)N. The van der Waals surface area contributed by atoms with E-state index in [1.807, 2.05) is 0 Å². The maximum absolute atomic E-state index is 7.23. The van der Waals surface area contributed by atoms with Crippen molar-refractivity contribution in [3.8, 4) is 0 Å². The quantitative estimate of drug-likeness (QED) is 0.323. The van der Waals surface area contributed by atoms with Gasteiger partial charge in [0.1, 0.15) is 0 Å². The lowest BCUT2D eigenvalue weighted by atomic mass is 10.2.